The van der Waals surface area contributed by atoms with Crippen LogP contribution in [-0.4, -0.2) is 4.57 Å². The van der Waals surface area contributed by atoms with Gasteiger partial charge in [0.2, 0.25) is 0 Å². The Bertz CT molecular complexity index is 3620. The molecule has 0 fully saturated rings. The fraction of sp³-hybridized carbons (Fsp3) is 0. The van der Waals surface area contributed by atoms with Gasteiger partial charge in [-0.1, -0.05) is 121 Å². The second-order valence-electron chi connectivity index (χ2n) is 15.7. The zero-order chi connectivity index (χ0) is 38.6. The molecule has 2 nitrogen and oxygen atoms in total. The van der Waals surface area contributed by atoms with E-state index >= 15 is 0 Å². The molecule has 13 rings (SSSR count). The number of nitrogens with zero attached hydrogens (tertiary/aromatic N) is 2. The molecule has 0 spiro atoms. The minimum Gasteiger partial charge on any atom is -0.309 e. The molecule has 0 saturated heterocycles. The van der Waals surface area contributed by atoms with Gasteiger partial charge in [0.1, 0.15) is 0 Å². The minimum atomic E-state index is 1.13. The van der Waals surface area contributed by atoms with Crippen molar-refractivity contribution in [3.05, 3.63) is 206 Å². The van der Waals surface area contributed by atoms with Crippen molar-refractivity contribution in [2.24, 2.45) is 0 Å². The zero-order valence-electron chi connectivity index (χ0n) is 31.9. The first-order valence-corrected chi connectivity index (χ1v) is 21.1. The van der Waals surface area contributed by atoms with Crippen LogP contribution in [0.2, 0.25) is 0 Å². The Morgan fingerprint density at radius 3 is 1.61 bits per heavy atom. The number of fused-ring (bicyclic) bond motifs is 12. The quantitative estimate of drug-likeness (QED) is 0.169. The van der Waals surface area contributed by atoms with Crippen LogP contribution in [0.4, 0.5) is 17.1 Å². The van der Waals surface area contributed by atoms with Gasteiger partial charge >= 0.3 is 0 Å². The van der Waals surface area contributed by atoms with Gasteiger partial charge in [-0.15, -0.1) is 11.3 Å². The van der Waals surface area contributed by atoms with Crippen molar-refractivity contribution in [1.82, 2.24) is 4.57 Å². The summed E-state index contributed by atoms with van der Waals surface area (Å²) in [5.74, 6) is 0. The second-order valence-corrected chi connectivity index (χ2v) is 16.8. The van der Waals surface area contributed by atoms with Gasteiger partial charge in [-0.3, -0.25) is 0 Å². The number of benzene rings is 10. The molecule has 0 saturated carbocycles. The molecule has 1 aliphatic carbocycles. The first-order valence-electron chi connectivity index (χ1n) is 20.2. The average molecular weight is 767 g/mol. The van der Waals surface area contributed by atoms with Crippen molar-refractivity contribution in [3.8, 4) is 39.1 Å². The molecule has 0 aliphatic heterocycles. The molecule has 12 aromatic rings. The van der Waals surface area contributed by atoms with E-state index in [0.29, 0.717) is 0 Å². The Morgan fingerprint density at radius 2 is 0.915 bits per heavy atom. The van der Waals surface area contributed by atoms with Crippen LogP contribution < -0.4 is 4.90 Å². The summed E-state index contributed by atoms with van der Waals surface area (Å²) in [5, 5.41) is 10.1. The van der Waals surface area contributed by atoms with Crippen LogP contribution in [0, 0.1) is 0 Å². The van der Waals surface area contributed by atoms with Crippen LogP contribution in [-0.2, 0) is 0 Å². The Balaban J connectivity index is 0.963. The molecular formula is C56H34N2S. The van der Waals surface area contributed by atoms with Crippen LogP contribution in [0.1, 0.15) is 0 Å². The summed E-state index contributed by atoms with van der Waals surface area (Å²) in [6.45, 7) is 0. The Labute approximate surface area is 345 Å². The highest BCUT2D eigenvalue weighted by Crippen LogP contribution is 2.53. The zero-order valence-corrected chi connectivity index (χ0v) is 32.7. The number of aromatic nitrogens is 1. The normalized spacial score (nSPS) is 12.1. The van der Waals surface area contributed by atoms with Crippen molar-refractivity contribution in [2.75, 3.05) is 4.90 Å². The lowest BCUT2D eigenvalue weighted by molar-refractivity contribution is 1.19. The van der Waals surface area contributed by atoms with Gasteiger partial charge in [-0.05, 0) is 134 Å². The fourth-order valence-electron chi connectivity index (χ4n) is 9.74. The number of para-hydroxylation sites is 3. The molecule has 59 heavy (non-hydrogen) atoms. The maximum Gasteiger partial charge on any atom is 0.0633 e. The van der Waals surface area contributed by atoms with Crippen LogP contribution in [0.15, 0.2) is 206 Å². The lowest BCUT2D eigenvalue weighted by atomic mass is 9.78. The fourth-order valence-corrected chi connectivity index (χ4v) is 10.9. The van der Waals surface area contributed by atoms with Crippen molar-refractivity contribution in [1.29, 1.82) is 0 Å². The molecular weight excluding hydrogens is 733 g/mol. The summed E-state index contributed by atoms with van der Waals surface area (Å²) in [6.07, 6.45) is 0. The summed E-state index contributed by atoms with van der Waals surface area (Å²) in [6, 6.07) is 76.2. The van der Waals surface area contributed by atoms with Crippen molar-refractivity contribution in [3.63, 3.8) is 0 Å². The molecule has 2 aromatic heterocycles. The highest BCUT2D eigenvalue weighted by molar-refractivity contribution is 7.26. The van der Waals surface area contributed by atoms with Gasteiger partial charge in [-0.25, -0.2) is 0 Å². The summed E-state index contributed by atoms with van der Waals surface area (Å²) < 4.78 is 4.99. The first kappa shape index (κ1) is 32.6. The Hall–Kier alpha value is -7.46. The largest absolute Gasteiger partial charge is 0.309 e. The van der Waals surface area contributed by atoms with Crippen molar-refractivity contribution in [2.45, 2.75) is 0 Å². The van der Waals surface area contributed by atoms with E-state index in [1.807, 2.05) is 11.3 Å². The van der Waals surface area contributed by atoms with E-state index in [1.165, 1.54) is 108 Å². The molecule has 0 atom stereocenters. The number of hydrogen-bond acceptors (Lipinski definition) is 2. The summed E-state index contributed by atoms with van der Waals surface area (Å²) in [7, 11) is 0. The van der Waals surface area contributed by atoms with E-state index in [4.69, 9.17) is 0 Å². The molecule has 0 radical (unpaired) electrons. The van der Waals surface area contributed by atoms with Gasteiger partial charge in [-0.2, -0.15) is 0 Å². The number of thiophene rings is 1. The molecule has 0 bridgehead atoms. The van der Waals surface area contributed by atoms with E-state index in [-0.39, 0.29) is 0 Å². The van der Waals surface area contributed by atoms with Crippen LogP contribution in [0.25, 0.3) is 103 Å². The van der Waals surface area contributed by atoms with Gasteiger partial charge < -0.3 is 9.47 Å². The monoisotopic (exact) mass is 766 g/mol. The highest BCUT2D eigenvalue weighted by Gasteiger charge is 2.26. The third-order valence-corrected chi connectivity index (χ3v) is 13.6. The third-order valence-electron chi connectivity index (χ3n) is 12.4. The maximum absolute atomic E-state index is 2.48. The maximum atomic E-state index is 2.48. The molecule has 10 aromatic carbocycles. The molecule has 3 heteroatoms. The van der Waals surface area contributed by atoms with E-state index in [9.17, 15) is 0 Å². The highest BCUT2D eigenvalue weighted by atomic mass is 32.1. The molecule has 0 N–H and O–H groups in total. The van der Waals surface area contributed by atoms with Crippen molar-refractivity contribution >= 4 is 91.9 Å². The summed E-state index contributed by atoms with van der Waals surface area (Å²) >= 11 is 1.87. The molecule has 0 amide bonds. The van der Waals surface area contributed by atoms with Crippen LogP contribution in [0.5, 0.6) is 0 Å². The standard InChI is InChI=1S/C56H34N2S/c1-3-13-35(14-4-1)43-27-28-54-55(46-19-9-12-22-53(46)59-54)56(43)57(40-15-5-2-6-16-40)41-25-23-36-31-47-49(33-38(36)29-41)48-32-37-24-26-42(30-39(37)34-50(47)48)58-51-20-10-7-17-44(51)45-18-8-11-21-52(45)58/h1-34H. The van der Waals surface area contributed by atoms with Gasteiger partial charge in [0.25, 0.3) is 0 Å². The topological polar surface area (TPSA) is 8.17 Å². The third kappa shape index (κ3) is 4.86. The first-order chi connectivity index (χ1) is 29.2. The smallest absolute Gasteiger partial charge is 0.0633 e. The molecule has 274 valence electrons. The SMILES string of the molecule is c1ccc(-c2ccc3sc4ccccc4c3c2N(c2ccccc2)c2ccc3cc4c(cc3c2)-c2cc3ccc(-n5c6ccccc6c6ccccc65)cc3cc2-4)cc1. The van der Waals surface area contributed by atoms with Gasteiger partial charge in [0.15, 0.2) is 0 Å². The molecule has 0 unspecified atom stereocenters. The van der Waals surface area contributed by atoms with E-state index in [2.05, 4.69) is 216 Å². The Kier molecular flexibility index (Phi) is 6.92. The van der Waals surface area contributed by atoms with Crippen LogP contribution >= 0.6 is 11.3 Å². The lowest BCUT2D eigenvalue weighted by Gasteiger charge is -2.30. The summed E-state index contributed by atoms with van der Waals surface area (Å²) in [5.41, 5.74) is 14.8. The average Bonchev–Trinajstić information content (AvgIpc) is 3.85. The molecule has 1 aliphatic rings. The second kappa shape index (κ2) is 12.5. The number of anilines is 3. The predicted octanol–water partition coefficient (Wildman–Crippen LogP) is 16.2. The molecule has 2 heterocycles. The lowest BCUT2D eigenvalue weighted by Crippen LogP contribution is -2.11. The van der Waals surface area contributed by atoms with Crippen molar-refractivity contribution < 1.29 is 0 Å². The minimum absolute atomic E-state index is 1.13. The van der Waals surface area contributed by atoms with Gasteiger partial charge in [0.05, 0.1) is 16.7 Å². The van der Waals surface area contributed by atoms with Gasteiger partial charge in [0, 0.05) is 53.6 Å². The Morgan fingerprint density at radius 1 is 0.356 bits per heavy atom. The predicted molar refractivity (Wildman–Crippen MR) is 253 cm³/mol. The van der Waals surface area contributed by atoms with E-state index in [0.717, 1.165) is 11.4 Å². The number of rotatable bonds is 5. The van der Waals surface area contributed by atoms with Crippen LogP contribution in [0.3, 0.4) is 0 Å². The summed E-state index contributed by atoms with van der Waals surface area (Å²) in [4.78, 5) is 2.48. The van der Waals surface area contributed by atoms with E-state index in [1.54, 1.807) is 0 Å². The number of hydrogen-bond donors (Lipinski definition) is 0. The van der Waals surface area contributed by atoms with E-state index < -0.39 is 0 Å².